The predicted octanol–water partition coefficient (Wildman–Crippen LogP) is 1.61. The van der Waals surface area contributed by atoms with E-state index in [4.69, 9.17) is 0 Å². The van der Waals surface area contributed by atoms with Crippen LogP contribution >= 0.6 is 0 Å². The number of halogens is 1. The molecule has 4 heteroatoms. The first-order chi connectivity index (χ1) is 9.16. The topological polar surface area (TPSA) is 33.5 Å². The Hall–Kier alpha value is -1.42. The number of hydrogen-bond acceptors (Lipinski definition) is 1. The van der Waals surface area contributed by atoms with E-state index in [1.165, 1.54) is 42.7 Å². The largest absolute Gasteiger partial charge is 0.325 e. The van der Waals surface area contributed by atoms with Crippen LogP contribution in [0, 0.1) is 5.82 Å². The van der Waals surface area contributed by atoms with Crippen LogP contribution in [0.4, 0.5) is 10.1 Å². The van der Waals surface area contributed by atoms with Gasteiger partial charge in [-0.3, -0.25) is 4.79 Å². The lowest BCUT2D eigenvalue weighted by atomic mass is 10.2. The highest BCUT2D eigenvalue weighted by molar-refractivity contribution is 5.93. The van der Waals surface area contributed by atoms with Crippen LogP contribution in [0.25, 0.3) is 0 Å². The number of quaternary nitrogens is 1. The predicted molar refractivity (Wildman–Crippen MR) is 73.7 cm³/mol. The molecule has 0 radical (unpaired) electrons. The van der Waals surface area contributed by atoms with E-state index in [-0.39, 0.29) is 17.8 Å². The number of nitrogens with one attached hydrogen (secondary N) is 2. The van der Waals surface area contributed by atoms with Crippen molar-refractivity contribution in [1.29, 1.82) is 0 Å². The minimum atomic E-state index is -0.288. The van der Waals surface area contributed by atoms with Crippen LogP contribution in [0.5, 0.6) is 0 Å². The molecule has 1 atom stereocenters. The average molecular weight is 265 g/mol. The van der Waals surface area contributed by atoms with Gasteiger partial charge in [-0.25, -0.2) is 4.39 Å². The highest BCUT2D eigenvalue weighted by atomic mass is 19.1. The molecule has 1 aliphatic rings. The third-order valence-corrected chi connectivity index (χ3v) is 3.86. The number of carbonyl (C=O) groups excluding carboxylic acids is 1. The van der Waals surface area contributed by atoms with E-state index < -0.39 is 0 Å². The molecule has 0 spiro atoms. The fourth-order valence-electron chi connectivity index (χ4n) is 2.58. The van der Waals surface area contributed by atoms with Crippen molar-refractivity contribution in [1.82, 2.24) is 0 Å². The molecule has 0 aromatic heterocycles. The molecule has 1 amide bonds. The lowest BCUT2D eigenvalue weighted by Crippen LogP contribution is -3.16. The summed E-state index contributed by atoms with van der Waals surface area (Å²) in [5, 5.41) is 2.86. The minimum Gasteiger partial charge on any atom is -0.325 e. The van der Waals surface area contributed by atoms with Gasteiger partial charge < -0.3 is 10.2 Å². The molecule has 1 aromatic carbocycles. The van der Waals surface area contributed by atoms with Gasteiger partial charge in [0.1, 0.15) is 5.82 Å². The quantitative estimate of drug-likeness (QED) is 0.855. The normalized spacial score (nSPS) is 18.6. The van der Waals surface area contributed by atoms with Crippen LogP contribution in [0.15, 0.2) is 24.3 Å². The zero-order chi connectivity index (χ0) is 13.7. The molecule has 0 aliphatic carbocycles. The van der Waals surface area contributed by atoms with E-state index in [0.29, 0.717) is 5.69 Å². The van der Waals surface area contributed by atoms with E-state index in [9.17, 15) is 9.18 Å². The zero-order valence-corrected chi connectivity index (χ0v) is 11.4. The summed E-state index contributed by atoms with van der Waals surface area (Å²) in [6.07, 6.45) is 4.94. The summed E-state index contributed by atoms with van der Waals surface area (Å²) in [5.74, 6) is -0.271. The van der Waals surface area contributed by atoms with Crippen molar-refractivity contribution in [3.63, 3.8) is 0 Å². The summed E-state index contributed by atoms with van der Waals surface area (Å²) in [7, 11) is 0. The number of rotatable bonds is 3. The van der Waals surface area contributed by atoms with Crippen molar-refractivity contribution < 1.29 is 14.1 Å². The van der Waals surface area contributed by atoms with E-state index >= 15 is 0 Å². The number of anilines is 1. The number of hydrogen-bond donors (Lipinski definition) is 2. The van der Waals surface area contributed by atoms with E-state index in [0.717, 1.165) is 13.1 Å². The van der Waals surface area contributed by atoms with Gasteiger partial charge in [0, 0.05) is 5.69 Å². The summed E-state index contributed by atoms with van der Waals surface area (Å²) in [6.45, 7) is 4.11. The van der Waals surface area contributed by atoms with Crippen molar-refractivity contribution >= 4 is 11.6 Å². The Morgan fingerprint density at radius 1 is 1.16 bits per heavy atom. The molecule has 3 nitrogen and oxygen atoms in total. The van der Waals surface area contributed by atoms with Gasteiger partial charge in [-0.15, -0.1) is 0 Å². The first-order valence-corrected chi connectivity index (χ1v) is 7.08. The maximum absolute atomic E-state index is 12.8. The van der Waals surface area contributed by atoms with Crippen LogP contribution in [0.2, 0.25) is 0 Å². The Kier molecular flexibility index (Phi) is 4.91. The van der Waals surface area contributed by atoms with Gasteiger partial charge >= 0.3 is 0 Å². The molecule has 19 heavy (non-hydrogen) atoms. The molecule has 1 saturated heterocycles. The smallest absolute Gasteiger partial charge is 0.282 e. The van der Waals surface area contributed by atoms with E-state index in [1.54, 1.807) is 12.1 Å². The Bertz CT molecular complexity index is 411. The SMILES string of the molecule is C[C@H](C(=O)Nc1ccc(F)cc1)[NH+]1CCCCCC1. The molecule has 2 N–H and O–H groups in total. The summed E-state index contributed by atoms with van der Waals surface area (Å²) in [4.78, 5) is 13.5. The Labute approximate surface area is 113 Å². The second kappa shape index (κ2) is 6.66. The fraction of sp³-hybridized carbons (Fsp3) is 0.533. The summed E-state index contributed by atoms with van der Waals surface area (Å²) in [5.41, 5.74) is 0.660. The summed E-state index contributed by atoms with van der Waals surface area (Å²) >= 11 is 0. The average Bonchev–Trinajstić information content (AvgIpc) is 2.69. The molecule has 0 unspecified atom stereocenters. The first kappa shape index (κ1) is 14.0. The van der Waals surface area contributed by atoms with Gasteiger partial charge in [0.05, 0.1) is 13.1 Å². The third kappa shape index (κ3) is 4.03. The molecule has 0 bridgehead atoms. The molecule has 1 fully saturated rings. The van der Waals surface area contributed by atoms with Crippen molar-refractivity contribution in [3.8, 4) is 0 Å². The Morgan fingerprint density at radius 2 is 1.74 bits per heavy atom. The lowest BCUT2D eigenvalue weighted by molar-refractivity contribution is -0.913. The van der Waals surface area contributed by atoms with Crippen LogP contribution in [-0.4, -0.2) is 25.0 Å². The van der Waals surface area contributed by atoms with Gasteiger partial charge in [0.25, 0.3) is 5.91 Å². The second-order valence-electron chi connectivity index (χ2n) is 5.29. The highest BCUT2D eigenvalue weighted by Gasteiger charge is 2.25. The van der Waals surface area contributed by atoms with Crippen molar-refractivity contribution in [2.75, 3.05) is 18.4 Å². The molecule has 1 heterocycles. The van der Waals surface area contributed by atoms with Crippen LogP contribution in [-0.2, 0) is 4.79 Å². The molecule has 1 aromatic rings. The standard InChI is InChI=1S/C15H21FN2O/c1-12(18-10-4-2-3-5-11-18)15(19)17-14-8-6-13(16)7-9-14/h6-9,12H,2-5,10-11H2,1H3,(H,17,19)/p+1/t12-/m1/s1. The summed E-state index contributed by atoms with van der Waals surface area (Å²) < 4.78 is 12.8. The molecule has 104 valence electrons. The van der Waals surface area contributed by atoms with Crippen LogP contribution < -0.4 is 10.2 Å². The molecular formula is C15H22FN2O+. The lowest BCUT2D eigenvalue weighted by Gasteiger charge is -2.23. The molecule has 2 rings (SSSR count). The van der Waals surface area contributed by atoms with E-state index in [1.807, 2.05) is 6.92 Å². The Morgan fingerprint density at radius 3 is 2.32 bits per heavy atom. The van der Waals surface area contributed by atoms with Gasteiger partial charge in [-0.2, -0.15) is 0 Å². The second-order valence-corrected chi connectivity index (χ2v) is 5.29. The van der Waals surface area contributed by atoms with E-state index in [2.05, 4.69) is 5.32 Å². The van der Waals surface area contributed by atoms with Gasteiger partial charge in [-0.05, 0) is 56.9 Å². The van der Waals surface area contributed by atoms with Crippen LogP contribution in [0.1, 0.15) is 32.6 Å². The van der Waals surface area contributed by atoms with Gasteiger partial charge in [-0.1, -0.05) is 0 Å². The first-order valence-electron chi connectivity index (χ1n) is 7.08. The third-order valence-electron chi connectivity index (χ3n) is 3.86. The van der Waals surface area contributed by atoms with Crippen molar-refractivity contribution in [2.45, 2.75) is 38.6 Å². The maximum Gasteiger partial charge on any atom is 0.282 e. The summed E-state index contributed by atoms with van der Waals surface area (Å²) in [6, 6.07) is 5.86. The number of likely N-dealkylation sites (tertiary alicyclic amines) is 1. The maximum atomic E-state index is 12.8. The number of amides is 1. The molecule has 0 saturated carbocycles. The van der Waals surface area contributed by atoms with Crippen LogP contribution in [0.3, 0.4) is 0 Å². The minimum absolute atomic E-state index is 0.0171. The molecular weight excluding hydrogens is 243 g/mol. The highest BCUT2D eigenvalue weighted by Crippen LogP contribution is 2.08. The van der Waals surface area contributed by atoms with Gasteiger partial charge in [0.15, 0.2) is 6.04 Å². The number of carbonyl (C=O) groups is 1. The fourth-order valence-corrected chi connectivity index (χ4v) is 2.58. The zero-order valence-electron chi connectivity index (χ0n) is 11.4. The molecule has 1 aliphatic heterocycles. The van der Waals surface area contributed by atoms with Crippen molar-refractivity contribution in [2.24, 2.45) is 0 Å². The van der Waals surface area contributed by atoms with Crippen molar-refractivity contribution in [3.05, 3.63) is 30.1 Å². The number of benzene rings is 1. The Balaban J connectivity index is 1.92. The monoisotopic (exact) mass is 265 g/mol. The van der Waals surface area contributed by atoms with Gasteiger partial charge in [0.2, 0.25) is 0 Å².